The molecule has 1 aromatic rings. The molecule has 1 spiro atoms. The van der Waals surface area contributed by atoms with E-state index in [1.165, 1.54) is 11.1 Å². The minimum atomic E-state index is -0.150. The number of carbonyl (C=O) groups is 1. The van der Waals surface area contributed by atoms with Gasteiger partial charge < -0.3 is 15.2 Å². The summed E-state index contributed by atoms with van der Waals surface area (Å²) < 4.78 is 6.48. The van der Waals surface area contributed by atoms with Crippen molar-refractivity contribution >= 4 is 5.91 Å². The van der Waals surface area contributed by atoms with E-state index in [1.54, 1.807) is 13.0 Å². The van der Waals surface area contributed by atoms with Gasteiger partial charge in [-0.2, -0.15) is 0 Å². The number of ether oxygens (including phenoxy) is 1. The molecule has 1 amide bonds. The minimum Gasteiger partial charge on any atom is -0.504 e. The molecule has 0 radical (unpaired) electrons. The Morgan fingerprint density at radius 3 is 3.04 bits per heavy atom. The van der Waals surface area contributed by atoms with Gasteiger partial charge in [0.15, 0.2) is 11.5 Å². The standard InChI is InChI=1S/C22H28N2O3/c1-4-10-24-11-9-22-18-14-5-6-16(26)19(18)27-20(22)15(23-13(2)25)7-8-21(22,3)17(24)12-14/h4-6,15,17,20,26H,1,7-12H2,2-3H3,(H,23,25)/t15-,17-,20+,21+,22+/m1/s1. The second kappa shape index (κ2) is 5.51. The van der Waals surface area contributed by atoms with Crippen LogP contribution in [-0.2, 0) is 16.6 Å². The van der Waals surface area contributed by atoms with Crippen LogP contribution in [0.1, 0.15) is 44.2 Å². The lowest BCUT2D eigenvalue weighted by molar-refractivity contribution is -0.133. The Kier molecular flexibility index (Phi) is 3.49. The number of phenols is 1. The number of nitrogens with zero attached hydrogens (tertiary/aromatic N) is 1. The van der Waals surface area contributed by atoms with E-state index in [2.05, 4.69) is 29.8 Å². The Morgan fingerprint density at radius 1 is 1.48 bits per heavy atom. The fourth-order valence-electron chi connectivity index (χ4n) is 6.88. The summed E-state index contributed by atoms with van der Waals surface area (Å²) in [6.07, 6.45) is 5.81. The van der Waals surface area contributed by atoms with E-state index in [9.17, 15) is 9.90 Å². The average molecular weight is 368 g/mol. The molecule has 2 aliphatic carbocycles. The Morgan fingerprint density at radius 2 is 2.30 bits per heavy atom. The Balaban J connectivity index is 1.72. The van der Waals surface area contributed by atoms with Gasteiger partial charge in [-0.25, -0.2) is 0 Å². The highest BCUT2D eigenvalue weighted by molar-refractivity contribution is 5.73. The highest BCUT2D eigenvalue weighted by Gasteiger charge is 2.71. The Bertz CT molecular complexity index is 837. The minimum absolute atomic E-state index is 0.0135. The molecule has 2 aliphatic heterocycles. The molecule has 144 valence electrons. The number of piperidine rings is 1. The van der Waals surface area contributed by atoms with Crippen molar-refractivity contribution in [1.29, 1.82) is 0 Å². The second-order valence-electron chi connectivity index (χ2n) is 8.97. The largest absolute Gasteiger partial charge is 0.504 e. The zero-order valence-corrected chi connectivity index (χ0v) is 16.1. The highest BCUT2D eigenvalue weighted by atomic mass is 16.5. The molecule has 2 fully saturated rings. The van der Waals surface area contributed by atoms with Gasteiger partial charge in [-0.1, -0.05) is 19.1 Å². The van der Waals surface area contributed by atoms with Crippen molar-refractivity contribution in [2.75, 3.05) is 13.1 Å². The molecule has 2 bridgehead atoms. The van der Waals surface area contributed by atoms with Crippen LogP contribution in [0.3, 0.4) is 0 Å². The number of hydrogen-bond acceptors (Lipinski definition) is 4. The van der Waals surface area contributed by atoms with Gasteiger partial charge in [0.1, 0.15) is 6.10 Å². The summed E-state index contributed by atoms with van der Waals surface area (Å²) >= 11 is 0. The van der Waals surface area contributed by atoms with Gasteiger partial charge in [0, 0.05) is 30.5 Å². The van der Waals surface area contributed by atoms with Crippen LogP contribution in [0.5, 0.6) is 11.5 Å². The normalized spacial score (nSPS) is 38.7. The third kappa shape index (κ3) is 1.96. The van der Waals surface area contributed by atoms with Crippen LogP contribution in [0.25, 0.3) is 0 Å². The first-order valence-electron chi connectivity index (χ1n) is 10.1. The van der Waals surface area contributed by atoms with E-state index in [1.807, 2.05) is 6.08 Å². The van der Waals surface area contributed by atoms with Gasteiger partial charge in [0.05, 0.1) is 6.04 Å². The summed E-state index contributed by atoms with van der Waals surface area (Å²) in [5.41, 5.74) is 2.42. The van der Waals surface area contributed by atoms with Crippen LogP contribution in [0.15, 0.2) is 24.8 Å². The predicted molar refractivity (Wildman–Crippen MR) is 103 cm³/mol. The Labute approximate surface area is 160 Å². The molecular weight excluding hydrogens is 340 g/mol. The summed E-state index contributed by atoms with van der Waals surface area (Å²) in [5.74, 6) is 0.880. The number of aromatic hydroxyl groups is 1. The zero-order chi connectivity index (χ0) is 19.0. The van der Waals surface area contributed by atoms with Crippen molar-refractivity contribution in [3.63, 3.8) is 0 Å². The van der Waals surface area contributed by atoms with Gasteiger partial charge in [-0.15, -0.1) is 6.58 Å². The van der Waals surface area contributed by atoms with Gasteiger partial charge in [0.2, 0.25) is 5.91 Å². The fraction of sp³-hybridized carbons (Fsp3) is 0.591. The molecule has 0 unspecified atom stereocenters. The van der Waals surface area contributed by atoms with Gasteiger partial charge in [-0.05, 0) is 49.3 Å². The summed E-state index contributed by atoms with van der Waals surface area (Å²) in [6, 6.07) is 4.26. The van der Waals surface area contributed by atoms with Crippen molar-refractivity contribution in [3.05, 3.63) is 35.9 Å². The predicted octanol–water partition coefficient (Wildman–Crippen LogP) is 2.51. The summed E-state index contributed by atoms with van der Waals surface area (Å²) in [5, 5.41) is 13.7. The molecule has 2 heterocycles. The first kappa shape index (κ1) is 17.1. The number of phenolic OH excluding ortho intramolecular Hbond substituents is 1. The molecule has 1 saturated heterocycles. The lowest BCUT2D eigenvalue weighted by Crippen LogP contribution is -2.73. The molecule has 27 heavy (non-hydrogen) atoms. The number of carbonyl (C=O) groups excluding carboxylic acids is 1. The molecule has 5 heteroatoms. The van der Waals surface area contributed by atoms with Crippen molar-refractivity contribution in [3.8, 4) is 11.5 Å². The zero-order valence-electron chi connectivity index (χ0n) is 16.1. The molecule has 1 aromatic carbocycles. The lowest BCUT2D eigenvalue weighted by Gasteiger charge is -2.65. The lowest BCUT2D eigenvalue weighted by atomic mass is 9.43. The molecule has 5 rings (SSSR count). The maximum Gasteiger partial charge on any atom is 0.217 e. The van der Waals surface area contributed by atoms with Gasteiger partial charge in [-0.3, -0.25) is 9.69 Å². The number of benzene rings is 1. The van der Waals surface area contributed by atoms with E-state index >= 15 is 0 Å². The van der Waals surface area contributed by atoms with Gasteiger partial charge >= 0.3 is 0 Å². The van der Waals surface area contributed by atoms with E-state index < -0.39 is 0 Å². The number of hydrogen-bond donors (Lipinski definition) is 2. The van der Waals surface area contributed by atoms with Crippen LogP contribution in [-0.4, -0.2) is 47.2 Å². The smallest absolute Gasteiger partial charge is 0.217 e. The number of likely N-dealkylation sites (tertiary alicyclic amines) is 1. The van der Waals surface area contributed by atoms with Crippen LogP contribution in [0.4, 0.5) is 0 Å². The van der Waals surface area contributed by atoms with Crippen LogP contribution in [0.2, 0.25) is 0 Å². The number of nitrogens with one attached hydrogen (secondary N) is 1. The first-order valence-corrected chi connectivity index (χ1v) is 10.1. The number of rotatable bonds is 3. The van der Waals surface area contributed by atoms with Crippen molar-refractivity contribution in [2.45, 2.75) is 63.1 Å². The third-order valence-electron chi connectivity index (χ3n) is 7.89. The average Bonchev–Trinajstić information content (AvgIpc) is 2.97. The molecule has 0 aromatic heterocycles. The van der Waals surface area contributed by atoms with Crippen LogP contribution in [0, 0.1) is 5.41 Å². The molecular formula is C22H28N2O3. The van der Waals surface area contributed by atoms with E-state index in [0.717, 1.165) is 38.8 Å². The van der Waals surface area contributed by atoms with Crippen molar-refractivity contribution in [2.24, 2.45) is 5.41 Å². The molecule has 5 atom stereocenters. The van der Waals surface area contributed by atoms with E-state index in [-0.39, 0.29) is 34.6 Å². The van der Waals surface area contributed by atoms with E-state index in [4.69, 9.17) is 4.74 Å². The summed E-state index contributed by atoms with van der Waals surface area (Å²) in [7, 11) is 0. The summed E-state index contributed by atoms with van der Waals surface area (Å²) in [4.78, 5) is 14.4. The summed E-state index contributed by atoms with van der Waals surface area (Å²) in [6.45, 7) is 9.85. The molecule has 2 N–H and O–H groups in total. The monoisotopic (exact) mass is 368 g/mol. The van der Waals surface area contributed by atoms with Gasteiger partial charge in [0.25, 0.3) is 0 Å². The highest BCUT2D eigenvalue weighted by Crippen LogP contribution is 2.68. The molecule has 5 nitrogen and oxygen atoms in total. The van der Waals surface area contributed by atoms with Crippen molar-refractivity contribution in [1.82, 2.24) is 10.2 Å². The molecule has 1 saturated carbocycles. The topological polar surface area (TPSA) is 61.8 Å². The first-order chi connectivity index (χ1) is 12.9. The van der Waals surface area contributed by atoms with Crippen LogP contribution >= 0.6 is 0 Å². The molecule has 4 aliphatic rings. The second-order valence-corrected chi connectivity index (χ2v) is 8.97. The van der Waals surface area contributed by atoms with Crippen molar-refractivity contribution < 1.29 is 14.6 Å². The quantitative estimate of drug-likeness (QED) is 0.805. The fourth-order valence-corrected chi connectivity index (χ4v) is 6.88. The Hall–Kier alpha value is -2.01. The number of amides is 1. The SMILES string of the molecule is C=CCN1CC[C@]23c4c5ccc(O)c4O[C@H]2[C@H](NC(C)=O)CC[C@@]3(C)[C@H]1C5. The van der Waals surface area contributed by atoms with Crippen LogP contribution < -0.4 is 10.1 Å². The third-order valence-corrected chi connectivity index (χ3v) is 7.89. The maximum atomic E-state index is 11.9. The van der Waals surface area contributed by atoms with E-state index in [0.29, 0.717) is 11.8 Å². The maximum absolute atomic E-state index is 11.9.